The van der Waals surface area contributed by atoms with Crippen LogP contribution in [0.15, 0.2) is 60.7 Å². The van der Waals surface area contributed by atoms with Crippen LogP contribution in [0.4, 0.5) is 4.79 Å². The van der Waals surface area contributed by atoms with Gasteiger partial charge in [-0.2, -0.15) is 0 Å². The van der Waals surface area contributed by atoms with E-state index in [4.69, 9.17) is 4.74 Å². The van der Waals surface area contributed by atoms with Crippen LogP contribution in [-0.4, -0.2) is 66.2 Å². The highest BCUT2D eigenvalue weighted by Crippen LogP contribution is 2.08. The lowest BCUT2D eigenvalue weighted by atomic mass is 10.1. The van der Waals surface area contributed by atoms with E-state index < -0.39 is 18.2 Å². The van der Waals surface area contributed by atoms with Crippen molar-refractivity contribution < 1.29 is 24.2 Å². The van der Waals surface area contributed by atoms with Crippen LogP contribution in [0.1, 0.15) is 11.1 Å². The minimum absolute atomic E-state index is 0.0562. The maximum atomic E-state index is 12.3. The van der Waals surface area contributed by atoms with E-state index in [9.17, 15) is 19.5 Å². The van der Waals surface area contributed by atoms with Gasteiger partial charge in [0.15, 0.2) is 0 Å². The third-order valence-electron chi connectivity index (χ3n) is 4.47. The summed E-state index contributed by atoms with van der Waals surface area (Å²) in [6.45, 7) is 0.319. The molecule has 0 radical (unpaired) electrons. The Balaban J connectivity index is 1.84. The Morgan fingerprint density at radius 1 is 0.897 bits per heavy atom. The first-order valence-electron chi connectivity index (χ1n) is 9.33. The number of likely N-dealkylation sites (N-methyl/N-ethyl adjacent to an activating group) is 2. The number of amides is 2. The number of benzene rings is 2. The standard InChI is InChI=1S/C22H26N2O5/c1-23(14-13-17-9-5-3-6-10-17)20(25)16-24(2)22(28)29-19(21(26)27)15-18-11-7-4-8-12-18/h3-12,19H,13-16H2,1-2H3,(H,26,27)/t19-/m0/s1. The van der Waals surface area contributed by atoms with Crippen LogP contribution in [0.5, 0.6) is 0 Å². The molecule has 0 aliphatic carbocycles. The highest BCUT2D eigenvalue weighted by Gasteiger charge is 2.26. The molecular weight excluding hydrogens is 372 g/mol. The molecule has 0 saturated carbocycles. The van der Waals surface area contributed by atoms with Gasteiger partial charge in [-0.15, -0.1) is 0 Å². The molecule has 154 valence electrons. The molecular formula is C22H26N2O5. The zero-order valence-electron chi connectivity index (χ0n) is 16.7. The number of nitrogens with zero attached hydrogens (tertiary/aromatic N) is 2. The lowest BCUT2D eigenvalue weighted by molar-refractivity contribution is -0.147. The molecule has 2 amide bonds. The minimum Gasteiger partial charge on any atom is -0.478 e. The molecule has 0 aliphatic rings. The molecule has 0 aromatic heterocycles. The van der Waals surface area contributed by atoms with Gasteiger partial charge >= 0.3 is 12.1 Å². The molecule has 1 atom stereocenters. The first-order valence-corrected chi connectivity index (χ1v) is 9.33. The molecule has 0 fully saturated rings. The molecule has 2 aromatic rings. The van der Waals surface area contributed by atoms with Crippen molar-refractivity contribution in [3.05, 3.63) is 71.8 Å². The topological polar surface area (TPSA) is 87.2 Å². The lowest BCUT2D eigenvalue weighted by Gasteiger charge is -2.23. The van der Waals surface area contributed by atoms with Crippen molar-refractivity contribution in [1.29, 1.82) is 0 Å². The molecule has 7 heteroatoms. The summed E-state index contributed by atoms with van der Waals surface area (Å²) in [4.78, 5) is 38.7. The van der Waals surface area contributed by atoms with E-state index in [1.165, 1.54) is 11.9 Å². The number of ether oxygens (including phenoxy) is 1. The van der Waals surface area contributed by atoms with E-state index in [0.29, 0.717) is 13.0 Å². The summed E-state index contributed by atoms with van der Waals surface area (Å²) >= 11 is 0. The van der Waals surface area contributed by atoms with Gasteiger partial charge in [-0.3, -0.25) is 4.79 Å². The van der Waals surface area contributed by atoms with Crippen LogP contribution in [0.2, 0.25) is 0 Å². The Hall–Kier alpha value is -3.35. The number of hydrogen-bond donors (Lipinski definition) is 1. The van der Waals surface area contributed by atoms with Gasteiger partial charge in [0.05, 0.1) is 0 Å². The SMILES string of the molecule is CN(CCc1ccccc1)C(=O)CN(C)C(=O)O[C@@H](Cc1ccccc1)C(=O)O. The highest BCUT2D eigenvalue weighted by molar-refractivity contribution is 5.83. The van der Waals surface area contributed by atoms with Crippen molar-refractivity contribution in [3.63, 3.8) is 0 Å². The fourth-order valence-corrected chi connectivity index (χ4v) is 2.67. The summed E-state index contributed by atoms with van der Waals surface area (Å²) < 4.78 is 5.10. The van der Waals surface area contributed by atoms with Gasteiger partial charge in [0, 0.05) is 27.1 Å². The van der Waals surface area contributed by atoms with Gasteiger partial charge in [0.2, 0.25) is 12.0 Å². The average molecular weight is 398 g/mol. The van der Waals surface area contributed by atoms with E-state index in [1.54, 1.807) is 31.3 Å². The van der Waals surface area contributed by atoms with E-state index in [2.05, 4.69) is 0 Å². The largest absolute Gasteiger partial charge is 0.478 e. The van der Waals surface area contributed by atoms with Gasteiger partial charge in [-0.1, -0.05) is 60.7 Å². The zero-order chi connectivity index (χ0) is 21.2. The Bertz CT molecular complexity index is 810. The molecule has 0 heterocycles. The normalized spacial score (nSPS) is 11.4. The fraction of sp³-hybridized carbons (Fsp3) is 0.318. The monoisotopic (exact) mass is 398 g/mol. The number of aliphatic carboxylic acids is 1. The maximum absolute atomic E-state index is 12.3. The Kier molecular flexibility index (Phi) is 8.21. The molecule has 7 nitrogen and oxygen atoms in total. The molecule has 2 aromatic carbocycles. The van der Waals surface area contributed by atoms with Crippen molar-refractivity contribution in [3.8, 4) is 0 Å². The third kappa shape index (κ3) is 7.29. The molecule has 29 heavy (non-hydrogen) atoms. The van der Waals surface area contributed by atoms with Crippen LogP contribution < -0.4 is 0 Å². The van der Waals surface area contributed by atoms with Gasteiger partial charge in [0.1, 0.15) is 6.54 Å². The molecule has 0 bridgehead atoms. The van der Waals surface area contributed by atoms with Crippen LogP contribution >= 0.6 is 0 Å². The van der Waals surface area contributed by atoms with Crippen LogP contribution in [-0.2, 0) is 27.2 Å². The van der Waals surface area contributed by atoms with E-state index in [0.717, 1.165) is 16.0 Å². The van der Waals surface area contributed by atoms with Gasteiger partial charge in [-0.05, 0) is 17.5 Å². The van der Waals surface area contributed by atoms with Gasteiger partial charge < -0.3 is 19.6 Å². The van der Waals surface area contributed by atoms with Crippen LogP contribution in [0.25, 0.3) is 0 Å². The summed E-state index contributed by atoms with van der Waals surface area (Å²) in [6.07, 6.45) is -1.41. The van der Waals surface area contributed by atoms with Crippen molar-refractivity contribution in [2.75, 3.05) is 27.2 Å². The van der Waals surface area contributed by atoms with Crippen LogP contribution in [0.3, 0.4) is 0 Å². The molecule has 2 rings (SSSR count). The summed E-state index contributed by atoms with van der Waals surface area (Å²) in [7, 11) is 3.08. The smallest absolute Gasteiger partial charge is 0.410 e. The average Bonchev–Trinajstić information content (AvgIpc) is 2.72. The number of carboxylic acids is 1. The maximum Gasteiger partial charge on any atom is 0.410 e. The number of carbonyl (C=O) groups excluding carboxylic acids is 2. The predicted octanol–water partition coefficient (Wildman–Crippen LogP) is 2.45. The summed E-state index contributed by atoms with van der Waals surface area (Å²) in [5.74, 6) is -1.49. The Morgan fingerprint density at radius 2 is 1.45 bits per heavy atom. The molecule has 0 spiro atoms. The minimum atomic E-state index is -1.32. The second-order valence-corrected chi connectivity index (χ2v) is 6.81. The lowest BCUT2D eigenvalue weighted by Crippen LogP contribution is -2.42. The second-order valence-electron chi connectivity index (χ2n) is 6.81. The molecule has 0 unspecified atom stereocenters. The van der Waals surface area contributed by atoms with E-state index >= 15 is 0 Å². The van der Waals surface area contributed by atoms with Crippen molar-refractivity contribution in [1.82, 2.24) is 9.80 Å². The number of carboxylic acid groups (broad SMARTS) is 1. The van der Waals surface area contributed by atoms with Crippen molar-refractivity contribution in [2.45, 2.75) is 18.9 Å². The first kappa shape index (κ1) is 21.9. The molecule has 1 N–H and O–H groups in total. The molecule has 0 saturated heterocycles. The first-order chi connectivity index (χ1) is 13.9. The van der Waals surface area contributed by atoms with Crippen LogP contribution in [0, 0.1) is 0 Å². The third-order valence-corrected chi connectivity index (χ3v) is 4.47. The Labute approximate surface area is 170 Å². The quantitative estimate of drug-likeness (QED) is 0.701. The summed E-state index contributed by atoms with van der Waals surface area (Å²) in [5.41, 5.74) is 1.86. The fourth-order valence-electron chi connectivity index (χ4n) is 2.67. The highest BCUT2D eigenvalue weighted by atomic mass is 16.6. The zero-order valence-corrected chi connectivity index (χ0v) is 16.7. The predicted molar refractivity (Wildman–Crippen MR) is 108 cm³/mol. The van der Waals surface area contributed by atoms with Gasteiger partial charge in [0.25, 0.3) is 0 Å². The van der Waals surface area contributed by atoms with Crippen molar-refractivity contribution in [2.24, 2.45) is 0 Å². The number of rotatable bonds is 9. The summed E-state index contributed by atoms with van der Waals surface area (Å²) in [5, 5.41) is 9.34. The van der Waals surface area contributed by atoms with E-state index in [-0.39, 0.29) is 18.9 Å². The number of hydrogen-bond acceptors (Lipinski definition) is 4. The Morgan fingerprint density at radius 3 is 2.00 bits per heavy atom. The van der Waals surface area contributed by atoms with E-state index in [1.807, 2.05) is 36.4 Å². The molecule has 0 aliphatic heterocycles. The summed E-state index contributed by atoms with van der Waals surface area (Å²) in [6, 6.07) is 18.7. The van der Waals surface area contributed by atoms with Crippen molar-refractivity contribution >= 4 is 18.0 Å². The van der Waals surface area contributed by atoms with Gasteiger partial charge in [-0.25, -0.2) is 9.59 Å². The second kappa shape index (κ2) is 10.8. The number of carbonyl (C=O) groups is 3.